The van der Waals surface area contributed by atoms with E-state index in [1.807, 2.05) is 21.1 Å². The summed E-state index contributed by atoms with van der Waals surface area (Å²) in [6.45, 7) is 6.80. The van der Waals surface area contributed by atoms with Crippen molar-refractivity contribution in [2.45, 2.75) is 225 Å². The predicted octanol–water partition coefficient (Wildman–Crippen LogP) is 13.1. The first-order valence-corrected chi connectivity index (χ1v) is 24.3. The lowest BCUT2D eigenvalue weighted by molar-refractivity contribution is -0.870. The van der Waals surface area contributed by atoms with Gasteiger partial charge in [-0.25, -0.2) is 0 Å². The van der Waals surface area contributed by atoms with Gasteiger partial charge in [0, 0.05) is 13.2 Å². The molecule has 2 atom stereocenters. The van der Waals surface area contributed by atoms with Crippen LogP contribution in [-0.4, -0.2) is 71.3 Å². The monoisotopic (exact) mass is 762 g/mol. The summed E-state index contributed by atoms with van der Waals surface area (Å²) in [5, 5.41) is 0. The van der Waals surface area contributed by atoms with Crippen molar-refractivity contribution in [2.75, 3.05) is 60.7 Å². The van der Waals surface area contributed by atoms with Crippen LogP contribution >= 0.6 is 7.82 Å². The average Bonchev–Trinajstić information content (AvgIpc) is 3.10. The van der Waals surface area contributed by atoms with Gasteiger partial charge >= 0.3 is 0 Å². The smallest absolute Gasteiger partial charge is 0.268 e. The van der Waals surface area contributed by atoms with E-state index in [1.54, 1.807) is 0 Å². The zero-order valence-corrected chi connectivity index (χ0v) is 36.7. The molecule has 0 bridgehead atoms. The van der Waals surface area contributed by atoms with Crippen molar-refractivity contribution in [3.05, 3.63) is 0 Å². The second-order valence-corrected chi connectivity index (χ2v) is 18.2. The minimum atomic E-state index is -4.38. The molecule has 0 saturated carbocycles. The van der Waals surface area contributed by atoms with Crippen molar-refractivity contribution < 1.29 is 32.5 Å². The molecule has 0 aromatic heterocycles. The lowest BCUT2D eigenvalue weighted by Crippen LogP contribution is -2.37. The highest BCUT2D eigenvalue weighted by atomic mass is 31.2. The van der Waals surface area contributed by atoms with Gasteiger partial charge in [0.1, 0.15) is 19.3 Å². The molecule has 0 N–H and O–H groups in total. The lowest BCUT2D eigenvalue weighted by Gasteiger charge is -2.28. The quantitative estimate of drug-likeness (QED) is 0.0349. The summed E-state index contributed by atoms with van der Waals surface area (Å²) in [6, 6.07) is 0. The van der Waals surface area contributed by atoms with E-state index in [-0.39, 0.29) is 13.2 Å². The molecule has 1 unspecified atom stereocenters. The fourth-order valence-electron chi connectivity index (χ4n) is 6.65. The Labute approximate surface area is 325 Å². The van der Waals surface area contributed by atoms with Crippen LogP contribution in [0.2, 0.25) is 0 Å². The van der Waals surface area contributed by atoms with Gasteiger partial charge in [0.2, 0.25) is 0 Å². The van der Waals surface area contributed by atoms with Crippen LogP contribution in [0.4, 0.5) is 0 Å². The Morgan fingerprint density at radius 2 is 0.769 bits per heavy atom. The number of likely N-dealkylation sites (N-methyl/N-ethyl adjacent to an activating group) is 1. The zero-order valence-electron chi connectivity index (χ0n) is 35.8. The summed E-state index contributed by atoms with van der Waals surface area (Å²) in [7, 11) is 1.61. The van der Waals surface area contributed by atoms with Crippen LogP contribution in [-0.2, 0) is 23.1 Å². The van der Waals surface area contributed by atoms with Crippen molar-refractivity contribution in [1.29, 1.82) is 0 Å². The molecule has 0 saturated heterocycles. The molecule has 0 aliphatic carbocycles. The Balaban J connectivity index is 4.03. The summed E-state index contributed by atoms with van der Waals surface area (Å²) in [5.41, 5.74) is 0. The predicted molar refractivity (Wildman–Crippen MR) is 222 cm³/mol. The minimum Gasteiger partial charge on any atom is -0.756 e. The van der Waals surface area contributed by atoms with Crippen molar-refractivity contribution in [3.8, 4) is 0 Å². The zero-order chi connectivity index (χ0) is 38.3. The van der Waals surface area contributed by atoms with Gasteiger partial charge in [-0.1, -0.05) is 206 Å². The number of unbranched alkanes of at least 4 members (excludes halogenated alkanes) is 30. The molecule has 0 radical (unpaired) electrons. The number of quaternary nitrogens is 1. The maximum Gasteiger partial charge on any atom is 0.268 e. The van der Waals surface area contributed by atoms with Gasteiger partial charge in [-0.15, -0.1) is 0 Å². The first kappa shape index (κ1) is 52.0. The largest absolute Gasteiger partial charge is 0.756 e. The summed E-state index contributed by atoms with van der Waals surface area (Å²) in [4.78, 5) is 12.4. The topological polar surface area (TPSA) is 77.1 Å². The van der Waals surface area contributed by atoms with E-state index in [2.05, 4.69) is 13.8 Å². The second kappa shape index (κ2) is 39.2. The molecule has 0 aromatic carbocycles. The van der Waals surface area contributed by atoms with E-state index in [0.717, 1.165) is 19.3 Å². The standard InChI is InChI=1S/C44H92NO6P/c1-6-8-10-12-14-16-18-20-22-24-26-28-30-32-34-36-39-48-42-44(43-51-52(46,47)50-41-38-45(3,4)5)49-40-37-35-33-31-29-27-25-23-21-19-17-15-13-11-9-7-2/h44H,6-43H2,1-5H3/t44-/m1/s1. The molecular formula is C44H92NO6P. The number of hydrogen-bond acceptors (Lipinski definition) is 6. The second-order valence-electron chi connectivity index (χ2n) is 16.8. The van der Waals surface area contributed by atoms with Crippen molar-refractivity contribution in [3.63, 3.8) is 0 Å². The molecular weight excluding hydrogens is 669 g/mol. The van der Waals surface area contributed by atoms with E-state index in [4.69, 9.17) is 18.5 Å². The van der Waals surface area contributed by atoms with Crippen LogP contribution in [0.1, 0.15) is 219 Å². The van der Waals surface area contributed by atoms with E-state index in [1.165, 1.54) is 186 Å². The first-order chi connectivity index (χ1) is 25.2. The summed E-state index contributed by atoms with van der Waals surface area (Å²) < 4.78 is 35.4. The Morgan fingerprint density at radius 1 is 0.442 bits per heavy atom. The lowest BCUT2D eigenvalue weighted by atomic mass is 10.0. The van der Waals surface area contributed by atoms with Gasteiger partial charge in [0.05, 0.1) is 34.4 Å². The number of rotatable bonds is 44. The SMILES string of the molecule is CCCCCCCCCCCCCCCCCCOC[C@H](COP(=O)([O-])OCC[N+](C)(C)C)OCCCCCCCCCCCCCCCCCC. The van der Waals surface area contributed by atoms with Crippen molar-refractivity contribution in [2.24, 2.45) is 0 Å². The Bertz CT molecular complexity index is 749. The Kier molecular flexibility index (Phi) is 39.2. The molecule has 0 aliphatic heterocycles. The number of phosphoric acid groups is 1. The highest BCUT2D eigenvalue weighted by Crippen LogP contribution is 2.38. The molecule has 314 valence electrons. The van der Waals surface area contributed by atoms with Gasteiger partial charge in [-0.3, -0.25) is 4.57 Å². The number of phosphoric ester groups is 1. The van der Waals surface area contributed by atoms with Crippen LogP contribution in [0.3, 0.4) is 0 Å². The first-order valence-electron chi connectivity index (χ1n) is 22.8. The fraction of sp³-hybridized carbons (Fsp3) is 1.00. The van der Waals surface area contributed by atoms with Gasteiger partial charge < -0.3 is 27.9 Å². The van der Waals surface area contributed by atoms with Crippen molar-refractivity contribution in [1.82, 2.24) is 0 Å². The molecule has 0 aliphatic rings. The number of ether oxygens (including phenoxy) is 2. The van der Waals surface area contributed by atoms with Gasteiger partial charge in [0.25, 0.3) is 7.82 Å². The number of hydrogen-bond donors (Lipinski definition) is 0. The molecule has 7 nitrogen and oxygen atoms in total. The van der Waals surface area contributed by atoms with E-state index in [0.29, 0.717) is 30.8 Å². The van der Waals surface area contributed by atoms with Crippen LogP contribution in [0.5, 0.6) is 0 Å². The minimum absolute atomic E-state index is 0.0665. The summed E-state index contributed by atoms with van der Waals surface area (Å²) >= 11 is 0. The summed E-state index contributed by atoms with van der Waals surface area (Å²) in [5.74, 6) is 0. The number of nitrogens with zero attached hydrogens (tertiary/aromatic N) is 1. The maximum atomic E-state index is 12.4. The third-order valence-corrected chi connectivity index (χ3v) is 11.2. The van der Waals surface area contributed by atoms with E-state index in [9.17, 15) is 9.46 Å². The third kappa shape index (κ3) is 42.7. The molecule has 0 heterocycles. The normalized spacial score (nSPS) is 13.9. The Hall–Kier alpha value is -0.0100. The summed E-state index contributed by atoms with van der Waals surface area (Å²) in [6.07, 6.45) is 42.5. The van der Waals surface area contributed by atoms with Crippen LogP contribution in [0.15, 0.2) is 0 Å². The molecule has 0 spiro atoms. The Morgan fingerprint density at radius 3 is 1.12 bits per heavy atom. The third-order valence-electron chi connectivity index (χ3n) is 10.2. The van der Waals surface area contributed by atoms with Gasteiger partial charge in [-0.05, 0) is 12.8 Å². The molecule has 52 heavy (non-hydrogen) atoms. The van der Waals surface area contributed by atoms with Gasteiger partial charge in [0.15, 0.2) is 0 Å². The van der Waals surface area contributed by atoms with Crippen LogP contribution in [0, 0.1) is 0 Å². The van der Waals surface area contributed by atoms with E-state index < -0.39 is 13.9 Å². The molecule has 8 heteroatoms. The fourth-order valence-corrected chi connectivity index (χ4v) is 7.38. The van der Waals surface area contributed by atoms with E-state index >= 15 is 0 Å². The van der Waals surface area contributed by atoms with Crippen LogP contribution < -0.4 is 4.89 Å². The highest BCUT2D eigenvalue weighted by molar-refractivity contribution is 7.45. The maximum absolute atomic E-state index is 12.4. The molecule has 0 aromatic rings. The van der Waals surface area contributed by atoms with Gasteiger partial charge in [-0.2, -0.15) is 0 Å². The highest BCUT2D eigenvalue weighted by Gasteiger charge is 2.18. The molecule has 0 fully saturated rings. The molecule has 0 amide bonds. The molecule has 0 rings (SSSR count). The average molecular weight is 762 g/mol. The van der Waals surface area contributed by atoms with Crippen LogP contribution in [0.25, 0.3) is 0 Å². The van der Waals surface area contributed by atoms with Crippen molar-refractivity contribution >= 4 is 7.82 Å².